The lowest BCUT2D eigenvalue weighted by atomic mass is 9.63. The minimum Gasteiger partial charge on any atom is -0.375 e. The summed E-state index contributed by atoms with van der Waals surface area (Å²) in [6, 6.07) is 7.79. The second-order valence-corrected chi connectivity index (χ2v) is 7.17. The predicted molar refractivity (Wildman–Crippen MR) is 91.8 cm³/mol. The minimum absolute atomic E-state index is 0.0669. The van der Waals surface area contributed by atoms with Gasteiger partial charge in [0.05, 0.1) is 17.6 Å². The van der Waals surface area contributed by atoms with Gasteiger partial charge in [0, 0.05) is 24.7 Å². The lowest BCUT2D eigenvalue weighted by Gasteiger charge is -2.41. The Bertz CT molecular complexity index is 557. The van der Waals surface area contributed by atoms with Gasteiger partial charge in [-0.15, -0.1) is 0 Å². The fraction of sp³-hybridized carbons (Fsp3) is 0.611. The molecule has 1 aliphatic heterocycles. The van der Waals surface area contributed by atoms with Crippen LogP contribution in [-0.2, 0) is 14.9 Å². The van der Waals surface area contributed by atoms with E-state index in [0.717, 1.165) is 37.9 Å². The van der Waals surface area contributed by atoms with Gasteiger partial charge in [-0.05, 0) is 44.5 Å². The summed E-state index contributed by atoms with van der Waals surface area (Å²) in [4.78, 5) is 15.2. The summed E-state index contributed by atoms with van der Waals surface area (Å²) in [7, 11) is 2.07. The van der Waals surface area contributed by atoms with Gasteiger partial charge < -0.3 is 15.0 Å². The first-order valence-electron chi connectivity index (χ1n) is 8.42. The quantitative estimate of drug-likeness (QED) is 0.898. The molecule has 1 saturated heterocycles. The van der Waals surface area contributed by atoms with E-state index < -0.39 is 0 Å². The molecule has 1 amide bonds. The molecule has 1 N–H and O–H groups in total. The molecule has 2 atom stereocenters. The number of ether oxygens (including phenoxy) is 1. The van der Waals surface area contributed by atoms with E-state index in [2.05, 4.69) is 17.3 Å². The molecule has 1 heterocycles. The van der Waals surface area contributed by atoms with Crippen molar-refractivity contribution in [3.8, 4) is 0 Å². The molecule has 0 radical (unpaired) electrons. The van der Waals surface area contributed by atoms with Crippen molar-refractivity contribution in [2.75, 3.05) is 26.7 Å². The zero-order valence-electron chi connectivity index (χ0n) is 13.8. The van der Waals surface area contributed by atoms with Crippen LogP contribution in [0.2, 0.25) is 5.02 Å². The molecule has 0 bridgehead atoms. The predicted octanol–water partition coefficient (Wildman–Crippen LogP) is 2.60. The van der Waals surface area contributed by atoms with Gasteiger partial charge in [-0.1, -0.05) is 30.2 Å². The Kier molecular flexibility index (Phi) is 4.95. The Morgan fingerprint density at radius 1 is 1.35 bits per heavy atom. The van der Waals surface area contributed by atoms with E-state index >= 15 is 0 Å². The van der Waals surface area contributed by atoms with Crippen molar-refractivity contribution >= 4 is 17.5 Å². The average molecular weight is 337 g/mol. The Morgan fingerprint density at radius 2 is 2.04 bits per heavy atom. The lowest BCUT2D eigenvalue weighted by molar-refractivity contribution is -0.131. The number of nitrogens with zero attached hydrogens (tertiary/aromatic N) is 1. The van der Waals surface area contributed by atoms with Crippen molar-refractivity contribution in [2.45, 2.75) is 43.7 Å². The summed E-state index contributed by atoms with van der Waals surface area (Å²) in [5, 5.41) is 3.97. The number of halogens is 1. The monoisotopic (exact) mass is 336 g/mol. The van der Waals surface area contributed by atoms with Crippen LogP contribution in [0, 0.1) is 0 Å². The highest BCUT2D eigenvalue weighted by Gasteiger charge is 2.47. The zero-order valence-corrected chi connectivity index (χ0v) is 14.6. The topological polar surface area (TPSA) is 41.6 Å². The maximum Gasteiger partial charge on any atom is 0.231 e. The van der Waals surface area contributed by atoms with Crippen molar-refractivity contribution in [1.29, 1.82) is 0 Å². The molecule has 5 heteroatoms. The molecule has 3 rings (SSSR count). The fourth-order valence-corrected chi connectivity index (χ4v) is 3.86. The number of likely N-dealkylation sites (tertiary alicyclic amines) is 1. The second kappa shape index (κ2) is 6.80. The smallest absolute Gasteiger partial charge is 0.231 e. The SMILES string of the molecule is CCO[C@H]1CN(C)C[C@@H]1NC(=O)C1(c2ccc(Cl)cc2)CCC1. The van der Waals surface area contributed by atoms with Crippen LogP contribution < -0.4 is 5.32 Å². The highest BCUT2D eigenvalue weighted by molar-refractivity contribution is 6.30. The molecular formula is C18H25ClN2O2. The number of carbonyl (C=O) groups excluding carboxylic acids is 1. The van der Waals surface area contributed by atoms with Gasteiger partial charge in [0.15, 0.2) is 0 Å². The highest BCUT2D eigenvalue weighted by atomic mass is 35.5. The number of nitrogens with one attached hydrogen (secondary N) is 1. The highest BCUT2D eigenvalue weighted by Crippen LogP contribution is 2.44. The molecule has 0 spiro atoms. The summed E-state index contributed by atoms with van der Waals surface area (Å²) in [5.41, 5.74) is 0.688. The number of amides is 1. The van der Waals surface area contributed by atoms with E-state index in [1.165, 1.54) is 0 Å². The normalized spacial score (nSPS) is 26.7. The Balaban J connectivity index is 1.74. The van der Waals surface area contributed by atoms with Gasteiger partial charge >= 0.3 is 0 Å². The third-order valence-electron chi connectivity index (χ3n) is 5.18. The van der Waals surface area contributed by atoms with Gasteiger partial charge in [-0.25, -0.2) is 0 Å². The Morgan fingerprint density at radius 3 is 2.61 bits per heavy atom. The summed E-state index contributed by atoms with van der Waals surface area (Å²) >= 11 is 5.99. The maximum atomic E-state index is 13.0. The van der Waals surface area contributed by atoms with Crippen LogP contribution in [0.3, 0.4) is 0 Å². The Hall–Kier alpha value is -1.10. The zero-order chi connectivity index (χ0) is 16.4. The van der Waals surface area contributed by atoms with E-state index in [1.54, 1.807) is 0 Å². The largest absolute Gasteiger partial charge is 0.375 e. The van der Waals surface area contributed by atoms with Crippen LogP contribution in [-0.4, -0.2) is 49.7 Å². The Labute approximate surface area is 143 Å². The van der Waals surface area contributed by atoms with Crippen molar-refractivity contribution in [3.63, 3.8) is 0 Å². The van der Waals surface area contributed by atoms with Crippen molar-refractivity contribution < 1.29 is 9.53 Å². The van der Waals surface area contributed by atoms with Crippen molar-refractivity contribution in [3.05, 3.63) is 34.9 Å². The molecule has 2 fully saturated rings. The van der Waals surface area contributed by atoms with Crippen LogP contribution in [0.1, 0.15) is 31.7 Å². The molecule has 0 aromatic heterocycles. The molecule has 1 aromatic rings. The van der Waals surface area contributed by atoms with Gasteiger partial charge in [-0.2, -0.15) is 0 Å². The second-order valence-electron chi connectivity index (χ2n) is 6.74. The molecule has 2 aliphatic rings. The van der Waals surface area contributed by atoms with Gasteiger partial charge in [0.25, 0.3) is 0 Å². The van der Waals surface area contributed by atoms with Gasteiger partial charge in [0.2, 0.25) is 5.91 Å². The molecule has 1 saturated carbocycles. The number of carbonyl (C=O) groups is 1. The molecule has 23 heavy (non-hydrogen) atoms. The summed E-state index contributed by atoms with van der Waals surface area (Å²) in [6.45, 7) is 4.38. The number of benzene rings is 1. The third kappa shape index (κ3) is 3.25. The van der Waals surface area contributed by atoms with Crippen LogP contribution in [0.15, 0.2) is 24.3 Å². The van der Waals surface area contributed by atoms with Gasteiger partial charge in [0.1, 0.15) is 0 Å². The number of hydrogen-bond acceptors (Lipinski definition) is 3. The third-order valence-corrected chi connectivity index (χ3v) is 5.44. The first-order chi connectivity index (χ1) is 11.0. The molecule has 1 aliphatic carbocycles. The summed E-state index contributed by atoms with van der Waals surface area (Å²) in [5.74, 6) is 0.135. The fourth-order valence-electron chi connectivity index (χ4n) is 3.74. The van der Waals surface area contributed by atoms with Crippen LogP contribution >= 0.6 is 11.6 Å². The van der Waals surface area contributed by atoms with E-state index in [4.69, 9.17) is 16.3 Å². The van der Waals surface area contributed by atoms with Crippen LogP contribution in [0.5, 0.6) is 0 Å². The number of hydrogen-bond donors (Lipinski definition) is 1. The standard InChI is InChI=1S/C18H25ClN2O2/c1-3-23-16-12-21(2)11-15(16)20-17(22)18(9-4-10-18)13-5-7-14(19)8-6-13/h5-8,15-16H,3-4,9-12H2,1-2H3,(H,20,22)/t15-,16-/m0/s1. The van der Waals surface area contributed by atoms with E-state index in [1.807, 2.05) is 31.2 Å². The molecule has 126 valence electrons. The molecule has 4 nitrogen and oxygen atoms in total. The number of rotatable bonds is 5. The van der Waals surface area contributed by atoms with E-state index in [9.17, 15) is 4.79 Å². The van der Waals surface area contributed by atoms with Crippen molar-refractivity contribution in [1.82, 2.24) is 10.2 Å². The average Bonchev–Trinajstić information content (AvgIpc) is 2.80. The lowest BCUT2D eigenvalue weighted by Crippen LogP contribution is -2.54. The first-order valence-corrected chi connectivity index (χ1v) is 8.80. The molecular weight excluding hydrogens is 312 g/mol. The number of likely N-dealkylation sites (N-methyl/N-ethyl adjacent to an activating group) is 1. The van der Waals surface area contributed by atoms with Crippen LogP contribution in [0.25, 0.3) is 0 Å². The minimum atomic E-state index is -0.386. The van der Waals surface area contributed by atoms with Crippen LogP contribution in [0.4, 0.5) is 0 Å². The molecule has 1 aromatic carbocycles. The first kappa shape index (κ1) is 16.7. The van der Waals surface area contributed by atoms with Crippen molar-refractivity contribution in [2.24, 2.45) is 0 Å². The van der Waals surface area contributed by atoms with Gasteiger partial charge in [-0.3, -0.25) is 4.79 Å². The van der Waals surface area contributed by atoms with E-state index in [-0.39, 0.29) is 23.5 Å². The molecule has 0 unspecified atom stereocenters. The summed E-state index contributed by atoms with van der Waals surface area (Å²) in [6.07, 6.45) is 2.98. The maximum absolute atomic E-state index is 13.0. The van der Waals surface area contributed by atoms with E-state index in [0.29, 0.717) is 11.6 Å². The summed E-state index contributed by atoms with van der Waals surface area (Å²) < 4.78 is 5.80.